The number of hydrogen-bond acceptors (Lipinski definition) is 7. The maximum atomic E-state index is 13.9. The van der Waals surface area contributed by atoms with Gasteiger partial charge < -0.3 is 15.9 Å². The molecule has 0 radical (unpaired) electrons. The van der Waals surface area contributed by atoms with E-state index in [1.165, 1.54) is 18.2 Å². The van der Waals surface area contributed by atoms with E-state index in [9.17, 15) is 29.9 Å². The number of benzene rings is 3. The number of carbonyl (C=O) groups is 2. The highest BCUT2D eigenvalue weighted by molar-refractivity contribution is 5.85. The molecule has 2 heterocycles. The Morgan fingerprint density at radius 1 is 0.955 bits per heavy atom. The highest BCUT2D eigenvalue weighted by atomic mass is 16.6. The minimum absolute atomic E-state index is 0.173. The van der Waals surface area contributed by atoms with Crippen molar-refractivity contribution >= 4 is 17.6 Å². The molecule has 5 N–H and O–H groups in total. The normalized spacial score (nSPS) is 28.4. The maximum absolute atomic E-state index is 13.9. The van der Waals surface area contributed by atoms with Crippen LogP contribution in [0.15, 0.2) is 84.9 Å². The second-order valence-electron chi connectivity index (χ2n) is 12.9. The molecule has 0 spiro atoms. The zero-order valence-electron chi connectivity index (χ0n) is 25.4. The van der Waals surface area contributed by atoms with Gasteiger partial charge in [0.2, 0.25) is 0 Å². The molecule has 44 heavy (non-hydrogen) atoms. The van der Waals surface area contributed by atoms with Crippen LogP contribution in [-0.4, -0.2) is 57.3 Å². The van der Waals surface area contributed by atoms with Crippen LogP contribution in [0.1, 0.15) is 56.3 Å². The van der Waals surface area contributed by atoms with Gasteiger partial charge in [-0.1, -0.05) is 93.6 Å². The van der Waals surface area contributed by atoms with Crippen LogP contribution in [0.3, 0.4) is 0 Å². The third-order valence-corrected chi connectivity index (χ3v) is 10.4. The van der Waals surface area contributed by atoms with Crippen molar-refractivity contribution in [3.05, 3.63) is 112 Å². The third kappa shape index (κ3) is 4.51. The van der Waals surface area contributed by atoms with Crippen molar-refractivity contribution in [3.8, 4) is 0 Å². The number of carboxylic acids is 2. The molecule has 232 valence electrons. The lowest BCUT2D eigenvalue weighted by atomic mass is 9.42. The molecule has 2 aliphatic heterocycles. The molecular weight excluding hydrogens is 560 g/mol. The number of carboxylic acid groups (broad SMARTS) is 2. The second-order valence-corrected chi connectivity index (χ2v) is 12.9. The van der Waals surface area contributed by atoms with E-state index in [1.807, 2.05) is 67.6 Å². The highest BCUT2D eigenvalue weighted by Gasteiger charge is 2.75. The Balaban J connectivity index is 1.72. The van der Waals surface area contributed by atoms with Gasteiger partial charge in [0.15, 0.2) is 0 Å². The number of piperidine rings is 1. The van der Waals surface area contributed by atoms with E-state index in [4.69, 9.17) is 5.73 Å². The van der Waals surface area contributed by atoms with Crippen LogP contribution >= 0.6 is 0 Å². The zero-order valence-corrected chi connectivity index (χ0v) is 25.4. The quantitative estimate of drug-likeness (QED) is 0.199. The van der Waals surface area contributed by atoms with Crippen molar-refractivity contribution in [3.63, 3.8) is 0 Å². The summed E-state index contributed by atoms with van der Waals surface area (Å²) in [5, 5.41) is 37.4. The average molecular weight is 601 g/mol. The van der Waals surface area contributed by atoms with Crippen LogP contribution in [0.5, 0.6) is 0 Å². The summed E-state index contributed by atoms with van der Waals surface area (Å²) in [6.07, 6.45) is -1.15. The van der Waals surface area contributed by atoms with Crippen molar-refractivity contribution in [2.45, 2.75) is 51.9 Å². The van der Waals surface area contributed by atoms with Gasteiger partial charge in [-0.15, -0.1) is 0 Å². The summed E-state index contributed by atoms with van der Waals surface area (Å²) in [5.41, 5.74) is 4.44. The van der Waals surface area contributed by atoms with Crippen molar-refractivity contribution in [1.82, 2.24) is 10.2 Å². The lowest BCUT2D eigenvalue weighted by Gasteiger charge is -2.68. The minimum atomic E-state index is -1.86. The monoisotopic (exact) mass is 600 g/mol. The Morgan fingerprint density at radius 3 is 1.95 bits per heavy atom. The number of aliphatic carboxylic acids is 2. The van der Waals surface area contributed by atoms with E-state index in [2.05, 4.69) is 10.2 Å². The number of non-ortho nitro benzene ring substituents is 1. The number of rotatable bonds is 9. The summed E-state index contributed by atoms with van der Waals surface area (Å²) in [4.78, 5) is 40.9. The molecule has 2 saturated heterocycles. The molecule has 0 aromatic heterocycles. The van der Waals surface area contributed by atoms with E-state index >= 15 is 0 Å². The summed E-state index contributed by atoms with van der Waals surface area (Å²) < 4.78 is 0. The largest absolute Gasteiger partial charge is 0.481 e. The SMILES string of the molecule is CC(C)C1(C(=O)O)C(C)NC(N)C(C(=O)O)(C2(C)CN(C(c3ccccc3)c3ccccc3)C2)C1c1cccc([N+](=O)[O-])c1. The average Bonchev–Trinajstić information content (AvgIpc) is 2.96. The number of hydrogen-bond donors (Lipinski definition) is 4. The first-order valence-electron chi connectivity index (χ1n) is 14.9. The number of nitrogens with one attached hydrogen (secondary N) is 1. The Kier molecular flexibility index (Phi) is 8.13. The second kappa shape index (κ2) is 11.4. The Hall–Kier alpha value is -4.12. The lowest BCUT2D eigenvalue weighted by Crippen LogP contribution is -2.81. The van der Waals surface area contributed by atoms with Crippen LogP contribution in [0, 0.1) is 32.3 Å². The topological polar surface area (TPSA) is 159 Å². The smallest absolute Gasteiger partial charge is 0.313 e. The predicted molar refractivity (Wildman–Crippen MR) is 166 cm³/mol. The fourth-order valence-electron chi connectivity index (χ4n) is 8.51. The minimum Gasteiger partial charge on any atom is -0.481 e. The molecule has 5 atom stereocenters. The highest BCUT2D eigenvalue weighted by Crippen LogP contribution is 2.66. The van der Waals surface area contributed by atoms with E-state index in [0.29, 0.717) is 13.1 Å². The fourth-order valence-corrected chi connectivity index (χ4v) is 8.51. The Labute approximate surface area is 257 Å². The molecule has 0 aliphatic carbocycles. The maximum Gasteiger partial charge on any atom is 0.313 e. The van der Waals surface area contributed by atoms with Gasteiger partial charge in [-0.3, -0.25) is 29.9 Å². The third-order valence-electron chi connectivity index (χ3n) is 10.4. The van der Waals surface area contributed by atoms with Gasteiger partial charge in [0, 0.05) is 42.6 Å². The van der Waals surface area contributed by atoms with E-state index in [0.717, 1.165) is 11.1 Å². The van der Waals surface area contributed by atoms with E-state index < -0.39 is 57.2 Å². The van der Waals surface area contributed by atoms with Crippen LogP contribution < -0.4 is 11.1 Å². The molecule has 10 heteroatoms. The van der Waals surface area contributed by atoms with Crippen LogP contribution in [0.4, 0.5) is 5.69 Å². The summed E-state index contributed by atoms with van der Waals surface area (Å²) in [5.74, 6) is -4.16. The number of nitro benzene ring substituents is 1. The molecule has 3 aromatic carbocycles. The summed E-state index contributed by atoms with van der Waals surface area (Å²) in [6, 6.07) is 24.7. The Morgan fingerprint density at radius 2 is 1.50 bits per heavy atom. The molecular formula is C34H40N4O6. The standard InChI is InChI=1S/C34H40N4O6/c1-21(2)33(30(39)40)22(3)36-29(35)34(31(41)42,28(33)25-16-11-17-26(18-25)38(43)44)32(4)19-37(20-32)27(23-12-7-5-8-13-23)24-14-9-6-10-15-24/h5-18,21-22,27-29,36H,19-20,35H2,1-4H3,(H,39,40)(H,41,42). The van der Waals surface area contributed by atoms with Crippen molar-refractivity contribution in [2.75, 3.05) is 13.1 Å². The van der Waals surface area contributed by atoms with Gasteiger partial charge in [0.1, 0.15) is 5.41 Å². The molecule has 10 nitrogen and oxygen atoms in total. The molecule has 0 bridgehead atoms. The zero-order chi connectivity index (χ0) is 32.0. The summed E-state index contributed by atoms with van der Waals surface area (Å²) in [6.45, 7) is 7.69. The number of likely N-dealkylation sites (tertiary alicyclic amines) is 1. The van der Waals surface area contributed by atoms with Gasteiger partial charge in [-0.2, -0.15) is 0 Å². The van der Waals surface area contributed by atoms with Crippen LogP contribution in [0.2, 0.25) is 0 Å². The molecule has 5 unspecified atom stereocenters. The molecule has 2 fully saturated rings. The number of nitro groups is 1. The van der Waals surface area contributed by atoms with Crippen molar-refractivity contribution < 1.29 is 24.7 Å². The van der Waals surface area contributed by atoms with E-state index in [1.54, 1.807) is 26.8 Å². The molecule has 3 aromatic rings. The lowest BCUT2D eigenvalue weighted by molar-refractivity contribution is -0.385. The first kappa shape index (κ1) is 31.3. The van der Waals surface area contributed by atoms with Gasteiger partial charge in [-0.05, 0) is 29.5 Å². The molecule has 0 saturated carbocycles. The van der Waals surface area contributed by atoms with Crippen molar-refractivity contribution in [1.29, 1.82) is 0 Å². The summed E-state index contributed by atoms with van der Waals surface area (Å²) >= 11 is 0. The van der Waals surface area contributed by atoms with Crippen molar-refractivity contribution in [2.24, 2.45) is 27.9 Å². The van der Waals surface area contributed by atoms with Crippen LogP contribution in [-0.2, 0) is 9.59 Å². The van der Waals surface area contributed by atoms with Gasteiger partial charge in [0.25, 0.3) is 5.69 Å². The van der Waals surface area contributed by atoms with E-state index in [-0.39, 0.29) is 17.3 Å². The molecule has 5 rings (SSSR count). The van der Waals surface area contributed by atoms with Gasteiger partial charge in [0.05, 0.1) is 22.5 Å². The number of nitrogens with zero attached hydrogens (tertiary/aromatic N) is 2. The molecule has 0 amide bonds. The first-order valence-corrected chi connectivity index (χ1v) is 14.9. The predicted octanol–water partition coefficient (Wildman–Crippen LogP) is 4.86. The molecule has 2 aliphatic rings. The fraction of sp³-hybridized carbons (Fsp3) is 0.412. The van der Waals surface area contributed by atoms with Gasteiger partial charge in [-0.25, -0.2) is 0 Å². The van der Waals surface area contributed by atoms with Gasteiger partial charge >= 0.3 is 11.9 Å². The first-order chi connectivity index (χ1) is 20.8. The van der Waals surface area contributed by atoms with Crippen LogP contribution in [0.25, 0.3) is 0 Å². The number of nitrogens with two attached hydrogens (primary N) is 1. The summed E-state index contributed by atoms with van der Waals surface area (Å²) in [7, 11) is 0. The Bertz CT molecular complexity index is 1500.